The summed E-state index contributed by atoms with van der Waals surface area (Å²) in [6, 6.07) is 0. The average Bonchev–Trinajstić information content (AvgIpc) is 3.18. The van der Waals surface area contributed by atoms with E-state index in [-0.39, 0.29) is 75.8 Å². The molecule has 28 heavy (non-hydrogen) atoms. The summed E-state index contributed by atoms with van der Waals surface area (Å²) in [4.78, 5) is 0. The van der Waals surface area contributed by atoms with E-state index >= 15 is 0 Å². The van der Waals surface area contributed by atoms with Crippen LogP contribution >= 0.6 is 0 Å². The van der Waals surface area contributed by atoms with Gasteiger partial charge in [0.05, 0.1) is 12.7 Å². The van der Waals surface area contributed by atoms with Gasteiger partial charge in [0, 0.05) is 6.92 Å². The first-order valence-corrected chi connectivity index (χ1v) is 10.8. The van der Waals surface area contributed by atoms with Crippen molar-refractivity contribution in [2.45, 2.75) is 120 Å². The van der Waals surface area contributed by atoms with E-state index in [1.165, 1.54) is 38.5 Å². The molecule has 153 valence electrons. The summed E-state index contributed by atoms with van der Waals surface area (Å²) in [5.41, 5.74) is 0. The molecule has 6 nitrogen and oxygen atoms in total. The molecule has 0 amide bonds. The van der Waals surface area contributed by atoms with Crippen LogP contribution in [0.4, 0.5) is 0 Å². The molecule has 0 aromatic heterocycles. The third-order valence-corrected chi connectivity index (χ3v) is 6.97. The van der Waals surface area contributed by atoms with Gasteiger partial charge in [0.25, 0.3) is 0 Å². The van der Waals surface area contributed by atoms with Gasteiger partial charge >= 0.3 is 51.4 Å². The van der Waals surface area contributed by atoms with Crippen molar-refractivity contribution >= 4 is 6.92 Å². The average molecular weight is 419 g/mol. The molecule has 5 aliphatic heterocycles. The van der Waals surface area contributed by atoms with E-state index in [0.29, 0.717) is 25.2 Å². The topological polar surface area (TPSA) is 55.4 Å². The third-order valence-electron chi connectivity index (χ3n) is 6.97. The Morgan fingerprint density at radius 2 is 1.46 bits per heavy atom. The van der Waals surface area contributed by atoms with Gasteiger partial charge in [0.15, 0.2) is 17.9 Å². The molecule has 5 heterocycles. The van der Waals surface area contributed by atoms with Crippen LogP contribution in [-0.2, 0) is 28.3 Å². The van der Waals surface area contributed by atoms with Gasteiger partial charge in [-0.1, -0.05) is 38.5 Å². The molecule has 5 saturated heterocycles. The van der Waals surface area contributed by atoms with Crippen LogP contribution in [0.3, 0.4) is 0 Å². The fourth-order valence-corrected chi connectivity index (χ4v) is 5.85. The molecule has 8 heteroatoms. The Kier molecular flexibility index (Phi) is 6.82. The Balaban J connectivity index is 0.00000192. The quantitative estimate of drug-likeness (QED) is 0.622. The van der Waals surface area contributed by atoms with Crippen LogP contribution in [0.2, 0.25) is 11.6 Å². The van der Waals surface area contributed by atoms with E-state index in [0.717, 1.165) is 0 Å². The first-order chi connectivity index (χ1) is 12.8. The summed E-state index contributed by atoms with van der Waals surface area (Å²) in [6.45, 7) is 8.59. The van der Waals surface area contributed by atoms with Crippen LogP contribution in [0, 0.1) is 0 Å². The Labute approximate surface area is 211 Å². The second-order valence-corrected chi connectivity index (χ2v) is 9.88. The van der Waals surface area contributed by atoms with E-state index < -0.39 is 17.9 Å². The van der Waals surface area contributed by atoms with Crippen LogP contribution in [-0.4, -0.2) is 55.8 Å². The number of rotatable bonds is 3. The Bertz CT molecular complexity index is 553. The van der Waals surface area contributed by atoms with Gasteiger partial charge in [-0.2, -0.15) is 11.6 Å². The monoisotopic (exact) mass is 419 g/mol. The SMILES string of the molecule is CC1(C)O[C@H]2O[C@H]([C@H]3COC(C)(C)O3)[C@H](O[B-]3C4CCCC3CCC4)[C@H]2O1.[K+]. The minimum atomic E-state index is -0.642. The van der Waals surface area contributed by atoms with Crippen LogP contribution in [0.5, 0.6) is 0 Å². The minimum Gasteiger partial charge on any atom is -0.616 e. The maximum Gasteiger partial charge on any atom is 1.00 e. The van der Waals surface area contributed by atoms with E-state index in [2.05, 4.69) is 0 Å². The van der Waals surface area contributed by atoms with E-state index in [4.69, 9.17) is 28.3 Å². The van der Waals surface area contributed by atoms with Crippen molar-refractivity contribution in [3.05, 3.63) is 0 Å². The molecule has 0 N–H and O–H groups in total. The molecule has 0 unspecified atom stereocenters. The molecule has 5 fully saturated rings. The first-order valence-electron chi connectivity index (χ1n) is 10.8. The fraction of sp³-hybridized carbons (Fsp3) is 1.00. The Morgan fingerprint density at radius 1 is 0.821 bits per heavy atom. The molecule has 0 saturated carbocycles. The number of ether oxygens (including phenoxy) is 5. The Morgan fingerprint density at radius 3 is 2.04 bits per heavy atom. The zero-order chi connectivity index (χ0) is 18.8. The molecule has 1 radical (unpaired) electrons. The maximum atomic E-state index is 6.85. The van der Waals surface area contributed by atoms with Gasteiger partial charge in [0.2, 0.25) is 0 Å². The van der Waals surface area contributed by atoms with Crippen molar-refractivity contribution in [1.29, 1.82) is 0 Å². The molecule has 0 aromatic carbocycles. The zero-order valence-electron chi connectivity index (χ0n) is 18.0. The van der Waals surface area contributed by atoms with E-state index in [1.807, 2.05) is 27.7 Å². The smallest absolute Gasteiger partial charge is 0.616 e. The Hall–Kier alpha value is 1.46. The van der Waals surface area contributed by atoms with E-state index in [9.17, 15) is 0 Å². The zero-order valence-corrected chi connectivity index (χ0v) is 21.1. The van der Waals surface area contributed by atoms with Crippen molar-refractivity contribution in [1.82, 2.24) is 0 Å². The van der Waals surface area contributed by atoms with Gasteiger partial charge in [-0.3, -0.25) is 0 Å². The summed E-state index contributed by atoms with van der Waals surface area (Å²) in [6.07, 6.45) is 6.65. The summed E-state index contributed by atoms with van der Waals surface area (Å²) >= 11 is 0. The minimum absolute atomic E-state index is 0. The van der Waals surface area contributed by atoms with Crippen molar-refractivity contribution in [3.63, 3.8) is 0 Å². The summed E-state index contributed by atoms with van der Waals surface area (Å²) in [7, 11) is 0. The van der Waals surface area contributed by atoms with Crippen molar-refractivity contribution in [2.75, 3.05) is 6.61 Å². The van der Waals surface area contributed by atoms with Gasteiger partial charge < -0.3 is 28.3 Å². The molecule has 5 atom stereocenters. The molecular weight excluding hydrogens is 386 g/mol. The molecule has 5 aliphatic rings. The van der Waals surface area contributed by atoms with Crippen molar-refractivity contribution < 1.29 is 79.7 Å². The van der Waals surface area contributed by atoms with Gasteiger partial charge in [0.1, 0.15) is 18.3 Å². The van der Waals surface area contributed by atoms with Crippen LogP contribution in [0.1, 0.15) is 66.2 Å². The second-order valence-electron chi connectivity index (χ2n) is 9.88. The van der Waals surface area contributed by atoms with Gasteiger partial charge in [-0.05, 0) is 27.7 Å². The van der Waals surface area contributed by atoms with Crippen molar-refractivity contribution in [2.24, 2.45) is 0 Å². The summed E-state index contributed by atoms with van der Waals surface area (Å²) in [5, 5.41) is 0. The number of fused-ring (bicyclic) bond motifs is 3. The van der Waals surface area contributed by atoms with Gasteiger partial charge in [-0.15, -0.1) is 0 Å². The predicted octanol–water partition coefficient (Wildman–Crippen LogP) is 0.503. The number of hydrogen-bond acceptors (Lipinski definition) is 6. The van der Waals surface area contributed by atoms with E-state index in [1.54, 1.807) is 0 Å². The standard InChI is InChI=1S/C20H33BO6.K/c1-19(2)22-11-14(24-19)15-16(17-18(23-15)26-20(3,4)25-17)27-21-12-7-5-8-13(21)10-6-9-12;/h12-18H,5-11H2,1-4H3;/q-1;+1/t12?,13?,14-,15-,16+,17-,18-;/m1./s1. The molecule has 0 spiro atoms. The number of hydrogen-bond donors (Lipinski definition) is 0. The normalized spacial score (nSPS) is 46.9. The van der Waals surface area contributed by atoms with Crippen LogP contribution in [0.25, 0.3) is 0 Å². The fourth-order valence-electron chi connectivity index (χ4n) is 5.85. The summed E-state index contributed by atoms with van der Waals surface area (Å²) < 4.78 is 37.3. The predicted molar refractivity (Wildman–Crippen MR) is 99.4 cm³/mol. The molecule has 0 aromatic rings. The van der Waals surface area contributed by atoms with Crippen molar-refractivity contribution in [3.8, 4) is 0 Å². The molecule has 2 bridgehead atoms. The molecule has 0 aliphatic carbocycles. The molecular formula is C20H33BKO6. The second kappa shape index (κ2) is 8.43. The first kappa shape index (κ1) is 22.6. The van der Waals surface area contributed by atoms with Gasteiger partial charge in [-0.25, -0.2) is 0 Å². The van der Waals surface area contributed by atoms with Crippen LogP contribution in [0.15, 0.2) is 0 Å². The summed E-state index contributed by atoms with van der Waals surface area (Å²) in [5.74, 6) is 0.115. The molecule has 5 rings (SSSR count). The van der Waals surface area contributed by atoms with Crippen LogP contribution < -0.4 is 51.4 Å². The maximum absolute atomic E-state index is 6.85. The largest absolute Gasteiger partial charge is 1.00 e. The third kappa shape index (κ3) is 4.35.